The summed E-state index contributed by atoms with van der Waals surface area (Å²) < 4.78 is 5.62. The number of hydrogen-bond acceptors (Lipinski definition) is 5. The first kappa shape index (κ1) is 14.7. The normalized spacial score (nSPS) is 10.5. The molecular weight excluding hydrogens is 270 g/mol. The lowest BCUT2D eigenvalue weighted by Crippen LogP contribution is -2.08. The van der Waals surface area contributed by atoms with E-state index in [-0.39, 0.29) is 0 Å². The molecule has 1 aromatic carbocycles. The summed E-state index contributed by atoms with van der Waals surface area (Å²) >= 11 is 1.68. The molecule has 0 radical (unpaired) electrons. The van der Waals surface area contributed by atoms with E-state index in [1.165, 1.54) is 0 Å². The van der Waals surface area contributed by atoms with E-state index in [4.69, 9.17) is 10.5 Å². The number of ether oxygens (including phenoxy) is 1. The Morgan fingerprint density at radius 3 is 2.95 bits per heavy atom. The van der Waals surface area contributed by atoms with Gasteiger partial charge < -0.3 is 15.8 Å². The first-order valence-corrected chi connectivity index (χ1v) is 7.75. The number of nitrogens with zero attached hydrogens (tertiary/aromatic N) is 1. The highest BCUT2D eigenvalue weighted by Crippen LogP contribution is 2.29. The van der Waals surface area contributed by atoms with Gasteiger partial charge in [0.2, 0.25) is 0 Å². The third-order valence-corrected chi connectivity index (χ3v) is 3.71. The molecule has 2 aromatic rings. The van der Waals surface area contributed by atoms with Crippen LogP contribution in [0.15, 0.2) is 23.6 Å². The number of anilines is 2. The van der Waals surface area contributed by atoms with Crippen LogP contribution in [0.2, 0.25) is 0 Å². The Morgan fingerprint density at radius 1 is 1.40 bits per heavy atom. The van der Waals surface area contributed by atoms with Crippen molar-refractivity contribution >= 4 is 22.7 Å². The van der Waals surface area contributed by atoms with Crippen molar-refractivity contribution in [2.45, 2.75) is 26.7 Å². The molecule has 0 amide bonds. The van der Waals surface area contributed by atoms with Crippen molar-refractivity contribution in [1.82, 2.24) is 4.98 Å². The van der Waals surface area contributed by atoms with Crippen LogP contribution in [-0.2, 0) is 6.42 Å². The molecule has 0 bridgehead atoms. The summed E-state index contributed by atoms with van der Waals surface area (Å²) in [5.41, 5.74) is 8.83. The molecule has 108 valence electrons. The third kappa shape index (κ3) is 3.87. The number of para-hydroxylation sites is 1. The molecule has 0 aliphatic heterocycles. The van der Waals surface area contributed by atoms with Gasteiger partial charge in [0.05, 0.1) is 28.7 Å². The fourth-order valence-electron chi connectivity index (χ4n) is 1.88. The van der Waals surface area contributed by atoms with Gasteiger partial charge in [-0.25, -0.2) is 4.98 Å². The maximum atomic E-state index is 6.11. The lowest BCUT2D eigenvalue weighted by molar-refractivity contribution is 0.319. The van der Waals surface area contributed by atoms with Gasteiger partial charge in [0.25, 0.3) is 0 Å². The zero-order valence-corrected chi connectivity index (χ0v) is 12.8. The van der Waals surface area contributed by atoms with Crippen molar-refractivity contribution in [3.63, 3.8) is 0 Å². The van der Waals surface area contributed by atoms with Crippen LogP contribution in [0.4, 0.5) is 11.4 Å². The lowest BCUT2D eigenvalue weighted by atomic mass is 10.2. The Bertz CT molecular complexity index is 554. The second kappa shape index (κ2) is 7.14. The van der Waals surface area contributed by atoms with Crippen LogP contribution in [0.1, 0.15) is 24.0 Å². The first-order chi connectivity index (χ1) is 9.70. The van der Waals surface area contributed by atoms with Crippen molar-refractivity contribution < 1.29 is 4.74 Å². The summed E-state index contributed by atoms with van der Waals surface area (Å²) in [6.45, 7) is 5.60. The standard InChI is InChI=1S/C15H21N3OS/c1-3-9-19-14-6-4-5-13(15(14)16)17-8-7-12-10-20-11(2)18-12/h4-6,10,17H,3,7-9,16H2,1-2H3. The molecule has 1 aromatic heterocycles. The van der Waals surface area contributed by atoms with Gasteiger partial charge in [-0.15, -0.1) is 11.3 Å². The van der Waals surface area contributed by atoms with Crippen LogP contribution in [-0.4, -0.2) is 18.1 Å². The molecule has 0 saturated carbocycles. The van der Waals surface area contributed by atoms with Crippen molar-refractivity contribution in [2.75, 3.05) is 24.2 Å². The monoisotopic (exact) mass is 291 g/mol. The van der Waals surface area contributed by atoms with Crippen molar-refractivity contribution in [3.8, 4) is 5.75 Å². The Balaban J connectivity index is 1.92. The van der Waals surface area contributed by atoms with Crippen LogP contribution >= 0.6 is 11.3 Å². The van der Waals surface area contributed by atoms with Gasteiger partial charge in [-0.3, -0.25) is 0 Å². The number of nitrogens with two attached hydrogens (primary N) is 1. The topological polar surface area (TPSA) is 60.2 Å². The van der Waals surface area contributed by atoms with Crippen molar-refractivity contribution in [2.24, 2.45) is 0 Å². The largest absolute Gasteiger partial charge is 0.491 e. The van der Waals surface area contributed by atoms with Crippen LogP contribution in [0.3, 0.4) is 0 Å². The number of nitrogen functional groups attached to an aromatic ring is 1. The Labute approximate surface area is 124 Å². The van der Waals surface area contributed by atoms with E-state index in [2.05, 4.69) is 22.6 Å². The highest BCUT2D eigenvalue weighted by atomic mass is 32.1. The molecule has 0 fully saturated rings. The number of thiazole rings is 1. The summed E-state index contributed by atoms with van der Waals surface area (Å²) in [5.74, 6) is 0.751. The molecule has 4 nitrogen and oxygen atoms in total. The molecule has 20 heavy (non-hydrogen) atoms. The van der Waals surface area contributed by atoms with Gasteiger partial charge >= 0.3 is 0 Å². The van der Waals surface area contributed by atoms with Crippen LogP contribution in [0.25, 0.3) is 0 Å². The lowest BCUT2D eigenvalue weighted by Gasteiger charge is -2.13. The van der Waals surface area contributed by atoms with Gasteiger partial charge in [0.1, 0.15) is 5.75 Å². The second-order valence-electron chi connectivity index (χ2n) is 4.60. The van der Waals surface area contributed by atoms with Gasteiger partial charge in [-0.2, -0.15) is 0 Å². The predicted molar refractivity (Wildman–Crippen MR) is 85.7 cm³/mol. The number of benzene rings is 1. The summed E-state index contributed by atoms with van der Waals surface area (Å²) in [6.07, 6.45) is 1.87. The van der Waals surface area contributed by atoms with Gasteiger partial charge in [0, 0.05) is 18.3 Å². The number of nitrogens with one attached hydrogen (secondary N) is 1. The van der Waals surface area contributed by atoms with E-state index in [0.717, 1.165) is 41.5 Å². The van der Waals surface area contributed by atoms with E-state index in [1.54, 1.807) is 11.3 Å². The van der Waals surface area contributed by atoms with Crippen LogP contribution in [0.5, 0.6) is 5.75 Å². The van der Waals surface area contributed by atoms with Gasteiger partial charge in [-0.1, -0.05) is 13.0 Å². The number of aryl methyl sites for hydroxylation is 1. The SMILES string of the molecule is CCCOc1cccc(NCCc2csc(C)n2)c1N. The average molecular weight is 291 g/mol. The molecule has 0 saturated heterocycles. The average Bonchev–Trinajstić information content (AvgIpc) is 2.85. The quantitative estimate of drug-likeness (QED) is 0.767. The summed E-state index contributed by atoms with van der Waals surface area (Å²) in [6, 6.07) is 5.83. The number of hydrogen-bond donors (Lipinski definition) is 2. The van der Waals surface area contributed by atoms with Crippen LogP contribution in [0, 0.1) is 6.92 Å². The molecule has 2 rings (SSSR count). The predicted octanol–water partition coefficient (Wildman–Crippen LogP) is 3.48. The van der Waals surface area contributed by atoms with Crippen molar-refractivity contribution in [3.05, 3.63) is 34.3 Å². The molecule has 0 aliphatic carbocycles. The fraction of sp³-hybridized carbons (Fsp3) is 0.400. The molecule has 0 unspecified atom stereocenters. The highest BCUT2D eigenvalue weighted by Gasteiger charge is 2.06. The maximum absolute atomic E-state index is 6.11. The van der Waals surface area contributed by atoms with E-state index < -0.39 is 0 Å². The smallest absolute Gasteiger partial charge is 0.144 e. The van der Waals surface area contributed by atoms with E-state index >= 15 is 0 Å². The second-order valence-corrected chi connectivity index (χ2v) is 5.66. The molecule has 1 heterocycles. The van der Waals surface area contributed by atoms with E-state index in [9.17, 15) is 0 Å². The molecule has 5 heteroatoms. The minimum atomic E-state index is 0.676. The van der Waals surface area contributed by atoms with E-state index in [1.807, 2.05) is 25.1 Å². The minimum absolute atomic E-state index is 0.676. The number of aromatic nitrogens is 1. The highest BCUT2D eigenvalue weighted by molar-refractivity contribution is 7.09. The fourth-order valence-corrected chi connectivity index (χ4v) is 2.53. The minimum Gasteiger partial charge on any atom is -0.491 e. The summed E-state index contributed by atoms with van der Waals surface area (Å²) in [5, 5.41) is 6.55. The van der Waals surface area contributed by atoms with Crippen LogP contribution < -0.4 is 15.8 Å². The Kier molecular flexibility index (Phi) is 5.24. The molecule has 0 spiro atoms. The first-order valence-electron chi connectivity index (χ1n) is 6.87. The summed E-state index contributed by atoms with van der Waals surface area (Å²) in [4.78, 5) is 4.44. The molecule has 0 aliphatic rings. The maximum Gasteiger partial charge on any atom is 0.144 e. The molecule has 3 N–H and O–H groups in total. The van der Waals surface area contributed by atoms with Crippen molar-refractivity contribution in [1.29, 1.82) is 0 Å². The Morgan fingerprint density at radius 2 is 2.25 bits per heavy atom. The van der Waals surface area contributed by atoms with E-state index in [0.29, 0.717) is 12.3 Å². The third-order valence-electron chi connectivity index (χ3n) is 2.89. The Hall–Kier alpha value is -1.75. The summed E-state index contributed by atoms with van der Waals surface area (Å²) in [7, 11) is 0. The zero-order valence-electron chi connectivity index (χ0n) is 12.0. The number of rotatable bonds is 7. The molecule has 0 atom stereocenters. The zero-order chi connectivity index (χ0) is 14.4. The van der Waals surface area contributed by atoms with Gasteiger partial charge in [0.15, 0.2) is 0 Å². The molecular formula is C15H21N3OS. The van der Waals surface area contributed by atoms with Gasteiger partial charge in [-0.05, 0) is 25.5 Å².